The van der Waals surface area contributed by atoms with Crippen LogP contribution in [0.2, 0.25) is 0 Å². The number of hydrogen-bond acceptors (Lipinski definition) is 3. The summed E-state index contributed by atoms with van der Waals surface area (Å²) in [5.74, 6) is 0.180. The summed E-state index contributed by atoms with van der Waals surface area (Å²) in [7, 11) is 0. The minimum absolute atomic E-state index is 0.156. The van der Waals surface area contributed by atoms with Crippen molar-refractivity contribution in [1.82, 2.24) is 0 Å². The van der Waals surface area contributed by atoms with Crippen LogP contribution in [0.15, 0.2) is 18.2 Å². The van der Waals surface area contributed by atoms with Crippen LogP contribution in [0.3, 0.4) is 0 Å². The lowest BCUT2D eigenvalue weighted by Crippen LogP contribution is -2.14. The highest BCUT2D eigenvalue weighted by atomic mass is 16.3. The summed E-state index contributed by atoms with van der Waals surface area (Å²) >= 11 is 0. The van der Waals surface area contributed by atoms with Gasteiger partial charge in [0.25, 0.3) is 0 Å². The first kappa shape index (κ1) is 9.03. The van der Waals surface area contributed by atoms with Gasteiger partial charge in [-0.2, -0.15) is 0 Å². The maximum Gasteiger partial charge on any atom is 0.123 e. The summed E-state index contributed by atoms with van der Waals surface area (Å²) in [6.45, 7) is 1.64. The van der Waals surface area contributed by atoms with E-state index in [-0.39, 0.29) is 12.4 Å². The third kappa shape index (κ3) is 1.57. The second-order valence-corrected chi connectivity index (χ2v) is 2.80. The molecule has 0 spiro atoms. The van der Waals surface area contributed by atoms with Crippen LogP contribution in [0, 0.1) is 6.92 Å². The molecule has 0 aliphatic heterocycles. The Morgan fingerprint density at radius 2 is 2.17 bits per heavy atom. The van der Waals surface area contributed by atoms with Gasteiger partial charge < -0.3 is 15.9 Å². The molecule has 0 heterocycles. The molecule has 1 atom stereocenters. The molecule has 12 heavy (non-hydrogen) atoms. The van der Waals surface area contributed by atoms with Crippen molar-refractivity contribution in [3.05, 3.63) is 29.3 Å². The van der Waals surface area contributed by atoms with Crippen LogP contribution in [-0.2, 0) is 0 Å². The molecule has 0 saturated heterocycles. The number of benzene rings is 1. The van der Waals surface area contributed by atoms with E-state index in [1.165, 1.54) is 0 Å². The predicted octanol–water partition coefficient (Wildman–Crippen LogP) is 0.693. The highest BCUT2D eigenvalue weighted by Gasteiger charge is 2.10. The number of aryl methyl sites for hydroxylation is 1. The zero-order valence-electron chi connectivity index (χ0n) is 6.99. The SMILES string of the molecule is Cc1cccc(C(N)CO)c1O. The molecule has 3 heteroatoms. The highest BCUT2D eigenvalue weighted by Crippen LogP contribution is 2.25. The van der Waals surface area contributed by atoms with Gasteiger partial charge in [-0.1, -0.05) is 18.2 Å². The number of rotatable bonds is 2. The van der Waals surface area contributed by atoms with E-state index in [9.17, 15) is 5.11 Å². The van der Waals surface area contributed by atoms with E-state index in [0.29, 0.717) is 5.56 Å². The largest absolute Gasteiger partial charge is 0.507 e. The fourth-order valence-corrected chi connectivity index (χ4v) is 1.08. The zero-order chi connectivity index (χ0) is 9.14. The van der Waals surface area contributed by atoms with Gasteiger partial charge >= 0.3 is 0 Å². The van der Waals surface area contributed by atoms with Crippen LogP contribution in [0.5, 0.6) is 5.75 Å². The van der Waals surface area contributed by atoms with E-state index in [2.05, 4.69) is 0 Å². The Morgan fingerprint density at radius 3 is 2.75 bits per heavy atom. The van der Waals surface area contributed by atoms with E-state index in [0.717, 1.165) is 5.56 Å². The number of aliphatic hydroxyl groups is 1. The average Bonchev–Trinajstić information content (AvgIpc) is 2.08. The van der Waals surface area contributed by atoms with Crippen molar-refractivity contribution >= 4 is 0 Å². The third-order valence-corrected chi connectivity index (χ3v) is 1.87. The Labute approximate surface area is 71.5 Å². The van der Waals surface area contributed by atoms with Gasteiger partial charge in [0.2, 0.25) is 0 Å². The Morgan fingerprint density at radius 1 is 1.50 bits per heavy atom. The minimum atomic E-state index is -0.495. The molecule has 0 aliphatic rings. The molecule has 0 amide bonds. The Kier molecular flexibility index (Phi) is 2.68. The molecule has 1 rings (SSSR count). The van der Waals surface area contributed by atoms with Gasteiger partial charge in [0.05, 0.1) is 12.6 Å². The lowest BCUT2D eigenvalue weighted by atomic mass is 10.0. The van der Waals surface area contributed by atoms with E-state index in [1.54, 1.807) is 25.1 Å². The molecule has 0 aliphatic carbocycles. The molecule has 4 N–H and O–H groups in total. The number of aromatic hydroxyl groups is 1. The second-order valence-electron chi connectivity index (χ2n) is 2.80. The molecule has 3 nitrogen and oxygen atoms in total. The third-order valence-electron chi connectivity index (χ3n) is 1.87. The number of para-hydroxylation sites is 1. The Bertz CT molecular complexity index is 273. The average molecular weight is 167 g/mol. The standard InChI is InChI=1S/C9H13NO2/c1-6-3-2-4-7(9(6)12)8(10)5-11/h2-4,8,11-12H,5,10H2,1H3. The lowest BCUT2D eigenvalue weighted by Gasteiger charge is -2.11. The normalized spacial score (nSPS) is 12.9. The first-order valence-electron chi connectivity index (χ1n) is 3.81. The number of nitrogens with two attached hydrogens (primary N) is 1. The van der Waals surface area contributed by atoms with E-state index >= 15 is 0 Å². The Hall–Kier alpha value is -1.06. The van der Waals surface area contributed by atoms with Crippen molar-refractivity contribution in [2.75, 3.05) is 6.61 Å². The molecule has 1 aromatic rings. The van der Waals surface area contributed by atoms with Gasteiger partial charge in [-0.15, -0.1) is 0 Å². The number of phenolic OH excluding ortho intramolecular Hbond substituents is 1. The number of hydrogen-bond donors (Lipinski definition) is 3. The van der Waals surface area contributed by atoms with Crippen molar-refractivity contribution in [3.8, 4) is 5.75 Å². The van der Waals surface area contributed by atoms with Gasteiger partial charge in [0.15, 0.2) is 0 Å². The number of phenols is 1. The summed E-state index contributed by atoms with van der Waals surface area (Å²) in [6, 6.07) is 4.82. The van der Waals surface area contributed by atoms with Gasteiger partial charge in [-0.25, -0.2) is 0 Å². The fourth-order valence-electron chi connectivity index (χ4n) is 1.08. The summed E-state index contributed by atoms with van der Waals surface area (Å²) in [4.78, 5) is 0. The minimum Gasteiger partial charge on any atom is -0.507 e. The Balaban J connectivity index is 3.07. The topological polar surface area (TPSA) is 66.5 Å². The van der Waals surface area contributed by atoms with Crippen LogP contribution in [0.1, 0.15) is 17.2 Å². The van der Waals surface area contributed by atoms with Crippen LogP contribution in [0.25, 0.3) is 0 Å². The summed E-state index contributed by atoms with van der Waals surface area (Å²) < 4.78 is 0. The first-order chi connectivity index (χ1) is 5.66. The van der Waals surface area contributed by atoms with Gasteiger partial charge in [0.1, 0.15) is 5.75 Å². The van der Waals surface area contributed by atoms with Crippen molar-refractivity contribution in [3.63, 3.8) is 0 Å². The van der Waals surface area contributed by atoms with Crippen LogP contribution >= 0.6 is 0 Å². The molecular formula is C9H13NO2. The maximum atomic E-state index is 9.51. The zero-order valence-corrected chi connectivity index (χ0v) is 6.99. The summed E-state index contributed by atoms with van der Waals surface area (Å²) in [5, 5.41) is 18.3. The van der Waals surface area contributed by atoms with Crippen LogP contribution in [0.4, 0.5) is 0 Å². The molecule has 1 unspecified atom stereocenters. The second kappa shape index (κ2) is 3.56. The lowest BCUT2D eigenvalue weighted by molar-refractivity contribution is 0.265. The van der Waals surface area contributed by atoms with Crippen molar-refractivity contribution < 1.29 is 10.2 Å². The summed E-state index contributed by atoms with van der Waals surface area (Å²) in [5.41, 5.74) is 6.92. The maximum absolute atomic E-state index is 9.51. The number of aliphatic hydroxyl groups excluding tert-OH is 1. The van der Waals surface area contributed by atoms with E-state index in [4.69, 9.17) is 10.8 Å². The smallest absolute Gasteiger partial charge is 0.123 e. The van der Waals surface area contributed by atoms with E-state index < -0.39 is 6.04 Å². The van der Waals surface area contributed by atoms with Gasteiger partial charge in [-0.3, -0.25) is 0 Å². The molecule has 0 radical (unpaired) electrons. The van der Waals surface area contributed by atoms with Crippen LogP contribution < -0.4 is 5.73 Å². The molecule has 0 aromatic heterocycles. The molecule has 66 valence electrons. The molecule has 0 fully saturated rings. The van der Waals surface area contributed by atoms with Gasteiger partial charge in [-0.05, 0) is 12.5 Å². The van der Waals surface area contributed by atoms with Crippen molar-refractivity contribution in [2.45, 2.75) is 13.0 Å². The molecular weight excluding hydrogens is 154 g/mol. The van der Waals surface area contributed by atoms with Gasteiger partial charge in [0, 0.05) is 5.56 Å². The fraction of sp³-hybridized carbons (Fsp3) is 0.333. The quantitative estimate of drug-likeness (QED) is 0.607. The molecule has 0 bridgehead atoms. The van der Waals surface area contributed by atoms with Crippen molar-refractivity contribution in [2.24, 2.45) is 5.73 Å². The van der Waals surface area contributed by atoms with Crippen LogP contribution in [-0.4, -0.2) is 16.8 Å². The summed E-state index contributed by atoms with van der Waals surface area (Å²) in [6.07, 6.45) is 0. The molecule has 1 aromatic carbocycles. The predicted molar refractivity (Wildman–Crippen MR) is 46.9 cm³/mol. The monoisotopic (exact) mass is 167 g/mol. The van der Waals surface area contributed by atoms with E-state index in [1.807, 2.05) is 0 Å². The highest BCUT2D eigenvalue weighted by molar-refractivity contribution is 5.41. The first-order valence-corrected chi connectivity index (χ1v) is 3.81. The van der Waals surface area contributed by atoms with Crippen molar-refractivity contribution in [1.29, 1.82) is 0 Å². The molecule has 0 saturated carbocycles.